The van der Waals surface area contributed by atoms with Crippen LogP contribution in [0.5, 0.6) is 0 Å². The number of carbonyl (C=O) groups excluding carboxylic acids is 1. The van der Waals surface area contributed by atoms with E-state index < -0.39 is 5.95 Å². The molecule has 0 radical (unpaired) electrons. The maximum Gasteiger partial charge on any atom is 0.258 e. The molecule has 2 aromatic rings. The lowest BCUT2D eigenvalue weighted by Gasteiger charge is -2.27. The first-order chi connectivity index (χ1) is 8.75. The normalized spacial score (nSPS) is 14.4. The SMILES string of the molecule is O=C(c1cccnc1F)N1CCc2sccc2C1. The molecule has 0 unspecified atom stereocenters. The molecule has 0 aromatic carbocycles. The van der Waals surface area contributed by atoms with Crippen LogP contribution in [-0.2, 0) is 13.0 Å². The molecule has 3 rings (SSSR count). The molecule has 0 atom stereocenters. The van der Waals surface area contributed by atoms with Gasteiger partial charge in [0.1, 0.15) is 0 Å². The third kappa shape index (κ3) is 1.90. The van der Waals surface area contributed by atoms with Crippen molar-refractivity contribution in [1.82, 2.24) is 9.88 Å². The van der Waals surface area contributed by atoms with Crippen molar-refractivity contribution < 1.29 is 9.18 Å². The number of hydrogen-bond acceptors (Lipinski definition) is 3. The van der Waals surface area contributed by atoms with Gasteiger partial charge in [0.25, 0.3) is 5.91 Å². The number of carbonyl (C=O) groups is 1. The van der Waals surface area contributed by atoms with Gasteiger partial charge in [0, 0.05) is 24.2 Å². The predicted octanol–water partition coefficient (Wildman–Crippen LogP) is 2.48. The molecule has 3 heterocycles. The van der Waals surface area contributed by atoms with Crippen LogP contribution in [0.3, 0.4) is 0 Å². The Hall–Kier alpha value is -1.75. The van der Waals surface area contributed by atoms with E-state index >= 15 is 0 Å². The van der Waals surface area contributed by atoms with E-state index in [4.69, 9.17) is 0 Å². The Morgan fingerprint density at radius 2 is 2.33 bits per heavy atom. The van der Waals surface area contributed by atoms with Gasteiger partial charge in [0.05, 0.1) is 5.56 Å². The number of nitrogens with zero attached hydrogens (tertiary/aromatic N) is 2. The molecule has 5 heteroatoms. The van der Waals surface area contributed by atoms with Gasteiger partial charge in [-0.05, 0) is 35.6 Å². The van der Waals surface area contributed by atoms with Gasteiger partial charge in [-0.1, -0.05) is 0 Å². The van der Waals surface area contributed by atoms with Gasteiger partial charge in [0.15, 0.2) is 0 Å². The number of amides is 1. The van der Waals surface area contributed by atoms with Crippen LogP contribution in [0.25, 0.3) is 0 Å². The monoisotopic (exact) mass is 262 g/mol. The lowest BCUT2D eigenvalue weighted by molar-refractivity contribution is 0.0730. The molecule has 92 valence electrons. The predicted molar refractivity (Wildman–Crippen MR) is 67.0 cm³/mol. The number of pyridine rings is 1. The van der Waals surface area contributed by atoms with Gasteiger partial charge >= 0.3 is 0 Å². The maximum atomic E-state index is 13.5. The largest absolute Gasteiger partial charge is 0.334 e. The topological polar surface area (TPSA) is 33.2 Å². The second-order valence-electron chi connectivity index (χ2n) is 4.19. The highest BCUT2D eigenvalue weighted by atomic mass is 32.1. The fraction of sp³-hybridized carbons (Fsp3) is 0.231. The number of aromatic nitrogens is 1. The van der Waals surface area contributed by atoms with Crippen molar-refractivity contribution >= 4 is 17.2 Å². The third-order valence-corrected chi connectivity index (χ3v) is 4.11. The fourth-order valence-electron chi connectivity index (χ4n) is 2.14. The summed E-state index contributed by atoms with van der Waals surface area (Å²) < 4.78 is 13.5. The van der Waals surface area contributed by atoms with Crippen molar-refractivity contribution in [2.75, 3.05) is 6.54 Å². The van der Waals surface area contributed by atoms with Crippen LogP contribution in [0, 0.1) is 5.95 Å². The Kier molecular flexibility index (Phi) is 2.83. The van der Waals surface area contributed by atoms with Gasteiger partial charge in [-0.15, -0.1) is 11.3 Å². The van der Waals surface area contributed by atoms with Crippen LogP contribution in [0.15, 0.2) is 29.8 Å². The minimum atomic E-state index is -0.696. The zero-order chi connectivity index (χ0) is 12.5. The molecular formula is C13H11FN2OS. The van der Waals surface area contributed by atoms with E-state index in [1.54, 1.807) is 22.3 Å². The summed E-state index contributed by atoms with van der Waals surface area (Å²) in [5.74, 6) is -0.976. The highest BCUT2D eigenvalue weighted by Crippen LogP contribution is 2.25. The summed E-state index contributed by atoms with van der Waals surface area (Å²) in [5.41, 5.74) is 1.22. The summed E-state index contributed by atoms with van der Waals surface area (Å²) in [6.07, 6.45) is 2.19. The molecule has 0 bridgehead atoms. The number of fused-ring (bicyclic) bond motifs is 1. The average Bonchev–Trinajstić information content (AvgIpc) is 2.85. The zero-order valence-electron chi connectivity index (χ0n) is 9.60. The van der Waals surface area contributed by atoms with E-state index in [-0.39, 0.29) is 11.5 Å². The van der Waals surface area contributed by atoms with Crippen LogP contribution < -0.4 is 0 Å². The van der Waals surface area contributed by atoms with E-state index in [1.165, 1.54) is 22.7 Å². The standard InChI is InChI=1S/C13H11FN2OS/c14-12-10(2-1-5-15-12)13(17)16-6-3-11-9(8-16)4-7-18-11/h1-2,4-5,7H,3,6,8H2. The number of thiophene rings is 1. The molecule has 1 aliphatic rings. The third-order valence-electron chi connectivity index (χ3n) is 3.08. The van der Waals surface area contributed by atoms with Crippen LogP contribution in [-0.4, -0.2) is 22.3 Å². The maximum absolute atomic E-state index is 13.5. The van der Waals surface area contributed by atoms with Crippen LogP contribution >= 0.6 is 11.3 Å². The Balaban J connectivity index is 1.85. The van der Waals surface area contributed by atoms with E-state index in [1.807, 2.05) is 11.4 Å². The van der Waals surface area contributed by atoms with E-state index in [0.717, 1.165) is 6.42 Å². The first kappa shape index (κ1) is 11.3. The summed E-state index contributed by atoms with van der Waals surface area (Å²) in [6.45, 7) is 1.20. The van der Waals surface area contributed by atoms with Crippen LogP contribution in [0.1, 0.15) is 20.8 Å². The summed E-state index contributed by atoms with van der Waals surface area (Å²) in [4.78, 5) is 18.7. The molecule has 0 fully saturated rings. The van der Waals surface area contributed by atoms with Crippen molar-refractivity contribution in [3.05, 3.63) is 51.7 Å². The van der Waals surface area contributed by atoms with Crippen molar-refractivity contribution in [2.24, 2.45) is 0 Å². The van der Waals surface area contributed by atoms with E-state index in [0.29, 0.717) is 13.1 Å². The molecule has 3 nitrogen and oxygen atoms in total. The lowest BCUT2D eigenvalue weighted by atomic mass is 10.1. The molecule has 1 amide bonds. The molecule has 0 saturated heterocycles. The number of hydrogen-bond donors (Lipinski definition) is 0. The summed E-state index contributed by atoms with van der Waals surface area (Å²) >= 11 is 1.71. The second-order valence-corrected chi connectivity index (χ2v) is 5.19. The van der Waals surface area contributed by atoms with E-state index in [9.17, 15) is 9.18 Å². The van der Waals surface area contributed by atoms with Gasteiger partial charge in [0.2, 0.25) is 5.95 Å². The molecule has 0 aliphatic carbocycles. The molecule has 18 heavy (non-hydrogen) atoms. The van der Waals surface area contributed by atoms with Crippen molar-refractivity contribution in [3.8, 4) is 0 Å². The fourth-order valence-corrected chi connectivity index (χ4v) is 3.03. The summed E-state index contributed by atoms with van der Waals surface area (Å²) in [6, 6.07) is 5.09. The molecular weight excluding hydrogens is 251 g/mol. The average molecular weight is 262 g/mol. The summed E-state index contributed by atoms with van der Waals surface area (Å²) in [7, 11) is 0. The Labute approximate surface area is 108 Å². The molecule has 0 N–H and O–H groups in total. The molecule has 0 spiro atoms. The first-order valence-electron chi connectivity index (χ1n) is 5.71. The summed E-state index contributed by atoms with van der Waals surface area (Å²) in [5, 5.41) is 2.03. The quantitative estimate of drug-likeness (QED) is 0.740. The van der Waals surface area contributed by atoms with Crippen LogP contribution in [0.2, 0.25) is 0 Å². The highest BCUT2D eigenvalue weighted by Gasteiger charge is 2.24. The van der Waals surface area contributed by atoms with Gasteiger partial charge in [-0.2, -0.15) is 4.39 Å². The number of halogens is 1. The van der Waals surface area contributed by atoms with Gasteiger partial charge in [-0.25, -0.2) is 4.98 Å². The highest BCUT2D eigenvalue weighted by molar-refractivity contribution is 7.10. The van der Waals surface area contributed by atoms with Crippen molar-refractivity contribution in [1.29, 1.82) is 0 Å². The van der Waals surface area contributed by atoms with Gasteiger partial charge in [-0.3, -0.25) is 4.79 Å². The van der Waals surface area contributed by atoms with E-state index in [2.05, 4.69) is 4.98 Å². The first-order valence-corrected chi connectivity index (χ1v) is 6.58. The van der Waals surface area contributed by atoms with Crippen molar-refractivity contribution in [2.45, 2.75) is 13.0 Å². The molecule has 0 saturated carbocycles. The lowest BCUT2D eigenvalue weighted by Crippen LogP contribution is -2.35. The van der Waals surface area contributed by atoms with Gasteiger partial charge < -0.3 is 4.90 Å². The molecule has 2 aromatic heterocycles. The Bertz CT molecular complexity index is 596. The Morgan fingerprint density at radius 1 is 1.44 bits per heavy atom. The minimum Gasteiger partial charge on any atom is -0.334 e. The smallest absolute Gasteiger partial charge is 0.258 e. The number of rotatable bonds is 1. The molecule has 1 aliphatic heterocycles. The zero-order valence-corrected chi connectivity index (χ0v) is 10.4. The van der Waals surface area contributed by atoms with Crippen molar-refractivity contribution in [3.63, 3.8) is 0 Å². The Morgan fingerprint density at radius 3 is 3.17 bits per heavy atom. The second kappa shape index (κ2) is 4.49. The minimum absolute atomic E-state index is 0.0520. The van der Waals surface area contributed by atoms with Crippen LogP contribution in [0.4, 0.5) is 4.39 Å².